The summed E-state index contributed by atoms with van der Waals surface area (Å²) >= 11 is 0. The first kappa shape index (κ1) is 46.0. The quantitative estimate of drug-likeness (QED) is 0.236. The number of rotatable bonds is 12. The third kappa shape index (κ3) is 11.8. The van der Waals surface area contributed by atoms with E-state index < -0.39 is 36.1 Å². The Morgan fingerprint density at radius 1 is 1.05 bits per heavy atom. The number of hydrogen-bond donors (Lipinski definition) is 4. The molecule has 0 bridgehead atoms. The van der Waals surface area contributed by atoms with Crippen molar-refractivity contribution in [2.45, 2.75) is 110 Å². The predicted molar refractivity (Wildman–Crippen MR) is 226 cm³/mol. The number of fused-ring (bicyclic) bond motifs is 1. The summed E-state index contributed by atoms with van der Waals surface area (Å²) in [6.45, 7) is 17.2. The van der Waals surface area contributed by atoms with Gasteiger partial charge in [-0.1, -0.05) is 45.9 Å². The molecule has 1 aromatic carbocycles. The number of nitrogens with zero attached hydrogens (tertiary/aromatic N) is 4. The zero-order chi connectivity index (χ0) is 42.3. The van der Waals surface area contributed by atoms with Gasteiger partial charge in [0.15, 0.2) is 6.29 Å². The van der Waals surface area contributed by atoms with Crippen LogP contribution in [0.25, 0.3) is 10.9 Å². The standard InChI is InChI=1S/C44H73N7O7/c1-28-24-44(6,55)40(31(4)30(3)32(5)41(53)47-36(42(54)50(10)26-28)23-33-25-46-35-15-12-11-14-34(33)35)58-43-39(37(48(7)8)22-29(2)57-43)56-21-13-16-45-38(52)27-51-19-17-49(9)18-20-51/h11-12,14-15,25,28-32,36-37,39-40,43,46,55H,13,16-24,26-27H2,1-10H3,(H,45,52)(H,47,53)/t28-,29-,30+,31+,32-,36?,37+,39-,40-,43+,44-/m1/s1. The number of aromatic amines is 1. The normalized spacial score (nSPS) is 34.0. The van der Waals surface area contributed by atoms with Crippen molar-refractivity contribution in [1.82, 2.24) is 35.2 Å². The summed E-state index contributed by atoms with van der Waals surface area (Å²) < 4.78 is 20.2. The molecule has 0 radical (unpaired) electrons. The maximum atomic E-state index is 14.1. The molecule has 1 unspecified atom stereocenters. The molecule has 4 heterocycles. The second-order valence-electron chi connectivity index (χ2n) is 18.3. The number of carbonyl (C=O) groups excluding carboxylic acids is 3. The molecule has 3 aliphatic heterocycles. The first-order valence-corrected chi connectivity index (χ1v) is 21.5. The van der Waals surface area contributed by atoms with Crippen LogP contribution in [-0.2, 0) is 35.0 Å². The molecular weight excluding hydrogens is 739 g/mol. The zero-order valence-electron chi connectivity index (χ0n) is 36.8. The number of para-hydroxylation sites is 1. The molecular formula is C44H73N7O7. The molecule has 2 aromatic rings. The Labute approximate surface area is 346 Å². The lowest BCUT2D eigenvalue weighted by Gasteiger charge is -2.48. The molecule has 326 valence electrons. The van der Waals surface area contributed by atoms with E-state index in [2.05, 4.69) is 37.4 Å². The molecule has 0 aliphatic carbocycles. The van der Waals surface area contributed by atoms with E-state index in [9.17, 15) is 19.5 Å². The highest BCUT2D eigenvalue weighted by atomic mass is 16.7. The van der Waals surface area contributed by atoms with Gasteiger partial charge in [-0.25, -0.2) is 0 Å². The lowest BCUT2D eigenvalue weighted by atomic mass is 9.74. The zero-order valence-corrected chi connectivity index (χ0v) is 36.8. The molecule has 4 N–H and O–H groups in total. The molecule has 11 atom stereocenters. The number of carbonyl (C=O) groups is 3. The topological polar surface area (TPSA) is 152 Å². The summed E-state index contributed by atoms with van der Waals surface area (Å²) in [5.74, 6) is -1.50. The predicted octanol–water partition coefficient (Wildman–Crippen LogP) is 2.94. The van der Waals surface area contributed by atoms with Crippen molar-refractivity contribution in [2.24, 2.45) is 23.7 Å². The van der Waals surface area contributed by atoms with Crippen LogP contribution in [0, 0.1) is 23.7 Å². The van der Waals surface area contributed by atoms with Gasteiger partial charge in [0.25, 0.3) is 0 Å². The number of nitrogens with one attached hydrogen (secondary N) is 3. The smallest absolute Gasteiger partial charge is 0.245 e. The second kappa shape index (κ2) is 20.4. The number of ether oxygens (including phenoxy) is 3. The van der Waals surface area contributed by atoms with Crippen molar-refractivity contribution in [3.05, 3.63) is 36.0 Å². The van der Waals surface area contributed by atoms with Gasteiger partial charge in [-0.3, -0.25) is 19.3 Å². The lowest BCUT2D eigenvalue weighted by Crippen LogP contribution is -2.59. The molecule has 0 spiro atoms. The Hall–Kier alpha value is -3.11. The minimum absolute atomic E-state index is 0.0211. The SMILES string of the molecule is C[C@H]1CN(C)C(=O)C(Cc2c[nH]c3ccccc23)NC(=O)[C@H](C)[C@@H](C)[C@H](C)[C@@H](O[C@@H]2O[C@H](C)C[C@H](N(C)C)[C@H]2OCCCNC(=O)CN2CCN(C)CC2)[C@](C)(O)C1. The van der Waals surface area contributed by atoms with Crippen molar-refractivity contribution in [1.29, 1.82) is 0 Å². The average Bonchev–Trinajstić information content (AvgIpc) is 3.58. The fraction of sp³-hybridized carbons (Fsp3) is 0.750. The van der Waals surface area contributed by atoms with Crippen LogP contribution in [0.2, 0.25) is 0 Å². The summed E-state index contributed by atoms with van der Waals surface area (Å²) in [6.07, 6.45) is 1.85. The number of hydrogen-bond acceptors (Lipinski definition) is 10. The maximum absolute atomic E-state index is 14.1. The van der Waals surface area contributed by atoms with Crippen LogP contribution in [0.4, 0.5) is 0 Å². The summed E-state index contributed by atoms with van der Waals surface area (Å²) in [4.78, 5) is 52.5. The van der Waals surface area contributed by atoms with Crippen LogP contribution in [-0.4, -0.2) is 170 Å². The van der Waals surface area contributed by atoms with E-state index >= 15 is 0 Å². The van der Waals surface area contributed by atoms with Crippen LogP contribution in [0.1, 0.15) is 66.4 Å². The van der Waals surface area contributed by atoms with Crippen molar-refractivity contribution in [3.8, 4) is 0 Å². The number of likely N-dealkylation sites (N-methyl/N-ethyl adjacent to an activating group) is 3. The molecule has 58 heavy (non-hydrogen) atoms. The van der Waals surface area contributed by atoms with Crippen LogP contribution in [0.3, 0.4) is 0 Å². The highest BCUT2D eigenvalue weighted by Crippen LogP contribution is 2.38. The molecule has 14 heteroatoms. The van der Waals surface area contributed by atoms with Crippen LogP contribution in [0.15, 0.2) is 30.5 Å². The monoisotopic (exact) mass is 812 g/mol. The van der Waals surface area contributed by atoms with Gasteiger partial charge in [-0.05, 0) is 83.6 Å². The Morgan fingerprint density at radius 2 is 1.76 bits per heavy atom. The van der Waals surface area contributed by atoms with E-state index in [1.54, 1.807) is 18.9 Å². The third-order valence-electron chi connectivity index (χ3n) is 13.0. The van der Waals surface area contributed by atoms with Crippen molar-refractivity contribution < 1.29 is 33.7 Å². The Bertz CT molecular complexity index is 1640. The first-order valence-electron chi connectivity index (χ1n) is 21.5. The average molecular weight is 812 g/mol. The van der Waals surface area contributed by atoms with Crippen molar-refractivity contribution in [3.63, 3.8) is 0 Å². The minimum atomic E-state index is -1.35. The molecule has 3 aliphatic rings. The van der Waals surface area contributed by atoms with Gasteiger partial charge in [-0.15, -0.1) is 0 Å². The fourth-order valence-corrected chi connectivity index (χ4v) is 9.29. The van der Waals surface area contributed by atoms with Gasteiger partial charge in [0, 0.05) is 88.4 Å². The van der Waals surface area contributed by atoms with Crippen LogP contribution in [0.5, 0.6) is 0 Å². The number of H-pyrrole nitrogens is 1. The van der Waals surface area contributed by atoms with Gasteiger partial charge >= 0.3 is 0 Å². The number of piperazine rings is 1. The summed E-state index contributed by atoms with van der Waals surface area (Å²) in [7, 11) is 7.93. The Morgan fingerprint density at radius 3 is 2.47 bits per heavy atom. The fourth-order valence-electron chi connectivity index (χ4n) is 9.29. The molecule has 3 saturated heterocycles. The Balaban J connectivity index is 1.31. The number of benzene rings is 1. The second-order valence-corrected chi connectivity index (χ2v) is 18.3. The van der Waals surface area contributed by atoms with Gasteiger partial charge in [0.05, 0.1) is 24.4 Å². The van der Waals surface area contributed by atoms with Crippen molar-refractivity contribution >= 4 is 28.6 Å². The number of aliphatic hydroxyl groups is 1. The summed E-state index contributed by atoms with van der Waals surface area (Å²) in [6, 6.07) is 7.18. The molecule has 5 rings (SSSR count). The van der Waals surface area contributed by atoms with E-state index in [0.29, 0.717) is 45.5 Å². The largest absolute Gasteiger partial charge is 0.387 e. The van der Waals surface area contributed by atoms with Gasteiger partial charge in [0.2, 0.25) is 17.7 Å². The van der Waals surface area contributed by atoms with E-state index in [-0.39, 0.29) is 47.6 Å². The first-order chi connectivity index (χ1) is 27.4. The molecule has 0 saturated carbocycles. The maximum Gasteiger partial charge on any atom is 0.245 e. The highest BCUT2D eigenvalue weighted by Gasteiger charge is 2.48. The molecule has 3 amide bonds. The Kier molecular flexibility index (Phi) is 16.2. The molecule has 3 fully saturated rings. The van der Waals surface area contributed by atoms with E-state index in [0.717, 1.165) is 49.1 Å². The van der Waals surface area contributed by atoms with Gasteiger partial charge in [0.1, 0.15) is 12.1 Å². The number of aromatic nitrogens is 1. The summed E-state index contributed by atoms with van der Waals surface area (Å²) in [5, 5.41) is 19.7. The van der Waals surface area contributed by atoms with E-state index in [1.807, 2.05) is 79.2 Å². The molecule has 1 aromatic heterocycles. The third-order valence-corrected chi connectivity index (χ3v) is 13.0. The van der Waals surface area contributed by atoms with Gasteiger partial charge < -0.3 is 49.6 Å². The number of amides is 3. The van der Waals surface area contributed by atoms with Gasteiger partial charge in [-0.2, -0.15) is 0 Å². The summed E-state index contributed by atoms with van der Waals surface area (Å²) in [5.41, 5.74) is 0.598. The van der Waals surface area contributed by atoms with Crippen LogP contribution < -0.4 is 10.6 Å². The lowest BCUT2D eigenvalue weighted by molar-refractivity contribution is -0.304. The molecule has 14 nitrogen and oxygen atoms in total. The van der Waals surface area contributed by atoms with E-state index in [4.69, 9.17) is 14.2 Å². The minimum Gasteiger partial charge on any atom is -0.387 e. The van der Waals surface area contributed by atoms with Crippen molar-refractivity contribution in [2.75, 3.05) is 80.6 Å². The van der Waals surface area contributed by atoms with Crippen LogP contribution >= 0.6 is 0 Å². The van der Waals surface area contributed by atoms with E-state index in [1.165, 1.54) is 0 Å². The highest BCUT2D eigenvalue weighted by molar-refractivity contribution is 5.90.